The van der Waals surface area contributed by atoms with Crippen molar-refractivity contribution in [3.8, 4) is 0 Å². The van der Waals surface area contributed by atoms with Gasteiger partial charge in [0.1, 0.15) is 5.00 Å². The highest BCUT2D eigenvalue weighted by molar-refractivity contribution is 7.80. The Balaban J connectivity index is 2.96. The summed E-state index contributed by atoms with van der Waals surface area (Å²) in [4.78, 5) is 26.5. The van der Waals surface area contributed by atoms with Gasteiger partial charge in [-0.2, -0.15) is 0 Å². The van der Waals surface area contributed by atoms with Crippen molar-refractivity contribution in [2.45, 2.75) is 52.5 Å². The molecule has 0 saturated heterocycles. The van der Waals surface area contributed by atoms with E-state index in [0.29, 0.717) is 26.1 Å². The van der Waals surface area contributed by atoms with Crippen LogP contribution in [0.5, 0.6) is 0 Å². The molecular formula is C18H29N3O3S2. The van der Waals surface area contributed by atoms with Crippen molar-refractivity contribution in [1.82, 2.24) is 10.2 Å². The number of nitrogens with zero attached hydrogens (tertiary/aromatic N) is 1. The molecule has 1 aromatic heterocycles. The molecule has 0 aliphatic rings. The van der Waals surface area contributed by atoms with Gasteiger partial charge in [-0.15, -0.1) is 11.3 Å². The molecule has 2 N–H and O–H groups in total. The van der Waals surface area contributed by atoms with Crippen molar-refractivity contribution in [3.05, 3.63) is 16.0 Å². The van der Waals surface area contributed by atoms with E-state index < -0.39 is 5.97 Å². The molecule has 26 heavy (non-hydrogen) atoms. The van der Waals surface area contributed by atoms with Crippen LogP contribution >= 0.6 is 23.6 Å². The molecule has 1 rings (SSSR count). The minimum absolute atomic E-state index is 0.155. The number of hydrogen-bond acceptors (Lipinski definition) is 5. The van der Waals surface area contributed by atoms with Gasteiger partial charge in [0, 0.05) is 20.1 Å². The van der Waals surface area contributed by atoms with Crippen LogP contribution in [0.4, 0.5) is 5.00 Å². The van der Waals surface area contributed by atoms with Crippen molar-refractivity contribution < 1.29 is 14.3 Å². The highest BCUT2D eigenvalue weighted by Crippen LogP contribution is 2.34. The predicted molar refractivity (Wildman–Crippen MR) is 111 cm³/mol. The Morgan fingerprint density at radius 3 is 2.50 bits per heavy atom. The van der Waals surface area contributed by atoms with Crippen molar-refractivity contribution in [3.63, 3.8) is 0 Å². The second-order valence-corrected chi connectivity index (χ2v) is 7.88. The molecule has 1 atom stereocenters. The molecule has 0 radical (unpaired) electrons. The van der Waals surface area contributed by atoms with Gasteiger partial charge in [-0.05, 0) is 38.0 Å². The Labute approximate surface area is 165 Å². The van der Waals surface area contributed by atoms with Crippen LogP contribution in [0.2, 0.25) is 0 Å². The summed E-state index contributed by atoms with van der Waals surface area (Å²) >= 11 is 6.59. The van der Waals surface area contributed by atoms with Crippen LogP contribution in [0.15, 0.2) is 0 Å². The van der Waals surface area contributed by atoms with Crippen LogP contribution in [0.1, 0.15) is 65.1 Å². The number of thiophene rings is 1. The lowest BCUT2D eigenvalue weighted by molar-refractivity contribution is 0.0601. The monoisotopic (exact) mass is 399 g/mol. The molecule has 1 unspecified atom stereocenters. The normalized spacial score (nSPS) is 11.6. The molecule has 146 valence electrons. The van der Waals surface area contributed by atoms with Crippen molar-refractivity contribution in [2.75, 3.05) is 26.5 Å². The lowest BCUT2D eigenvalue weighted by Gasteiger charge is -2.16. The van der Waals surface area contributed by atoms with E-state index in [1.165, 1.54) is 36.2 Å². The van der Waals surface area contributed by atoms with Gasteiger partial charge in [-0.25, -0.2) is 4.79 Å². The standard InChI is InChI=1S/C18H29N3O3S2/c1-7-8-9-10-11(2)19-18(25)20-15-13(17(23)24-6)12(3)14(26-15)16(22)21(4)5/h11H,7-10H2,1-6H3,(H2,19,20,25). The van der Waals surface area contributed by atoms with Crippen molar-refractivity contribution in [2.24, 2.45) is 0 Å². The maximum atomic E-state index is 12.4. The lowest BCUT2D eigenvalue weighted by atomic mass is 10.1. The average molecular weight is 400 g/mol. The number of carbonyl (C=O) groups excluding carboxylic acids is 2. The summed E-state index contributed by atoms with van der Waals surface area (Å²) in [6, 6.07) is 0.229. The zero-order chi connectivity index (χ0) is 19.9. The van der Waals surface area contributed by atoms with Crippen LogP contribution in [-0.4, -0.2) is 49.1 Å². The second-order valence-electron chi connectivity index (χ2n) is 6.45. The fraction of sp³-hybridized carbons (Fsp3) is 0.611. The molecular weight excluding hydrogens is 370 g/mol. The van der Waals surface area contributed by atoms with E-state index in [1.807, 2.05) is 0 Å². The second kappa shape index (κ2) is 10.5. The fourth-order valence-corrected chi connectivity index (χ4v) is 4.08. The Morgan fingerprint density at radius 2 is 1.96 bits per heavy atom. The Morgan fingerprint density at radius 1 is 1.31 bits per heavy atom. The first-order chi connectivity index (χ1) is 12.2. The summed E-state index contributed by atoms with van der Waals surface area (Å²) in [5.74, 6) is -0.643. The van der Waals surface area contributed by atoms with Crippen LogP contribution in [0, 0.1) is 6.92 Å². The smallest absolute Gasteiger partial charge is 0.341 e. The fourth-order valence-electron chi connectivity index (χ4n) is 2.49. The van der Waals surface area contributed by atoms with Crippen molar-refractivity contribution >= 4 is 45.5 Å². The molecule has 8 heteroatoms. The number of methoxy groups -OCH3 is 1. The number of ether oxygens (including phenoxy) is 1. The Bertz CT molecular complexity index is 656. The van der Waals surface area contributed by atoms with Gasteiger partial charge in [0.25, 0.3) is 5.91 Å². The van der Waals surface area contributed by atoms with E-state index in [0.717, 1.165) is 12.8 Å². The number of anilines is 1. The van der Waals surface area contributed by atoms with E-state index in [-0.39, 0.29) is 11.9 Å². The summed E-state index contributed by atoms with van der Waals surface area (Å²) in [6.45, 7) is 5.99. The molecule has 1 aromatic rings. The van der Waals surface area contributed by atoms with Crippen LogP contribution in [0.25, 0.3) is 0 Å². The molecule has 6 nitrogen and oxygen atoms in total. The summed E-state index contributed by atoms with van der Waals surface area (Å²) in [5, 5.41) is 7.26. The van der Waals surface area contributed by atoms with E-state index in [2.05, 4.69) is 24.5 Å². The molecule has 0 saturated carbocycles. The zero-order valence-corrected chi connectivity index (χ0v) is 18.0. The molecule has 0 aliphatic heterocycles. The molecule has 0 spiro atoms. The lowest BCUT2D eigenvalue weighted by Crippen LogP contribution is -2.36. The molecule has 0 aromatic carbocycles. The number of unbranched alkanes of at least 4 members (excludes halogenated alkanes) is 2. The summed E-state index contributed by atoms with van der Waals surface area (Å²) in [7, 11) is 4.68. The zero-order valence-electron chi connectivity index (χ0n) is 16.4. The van der Waals surface area contributed by atoms with Crippen LogP contribution < -0.4 is 10.6 Å². The van der Waals surface area contributed by atoms with Gasteiger partial charge in [-0.3, -0.25) is 4.79 Å². The number of carbonyl (C=O) groups is 2. The van der Waals surface area contributed by atoms with E-state index in [9.17, 15) is 9.59 Å². The first-order valence-corrected chi connectivity index (χ1v) is 9.96. The third-order valence-corrected chi connectivity index (χ3v) is 5.40. The van der Waals surface area contributed by atoms with Gasteiger partial charge < -0.3 is 20.3 Å². The van der Waals surface area contributed by atoms with E-state index in [4.69, 9.17) is 17.0 Å². The van der Waals surface area contributed by atoms with E-state index in [1.54, 1.807) is 21.0 Å². The van der Waals surface area contributed by atoms with E-state index >= 15 is 0 Å². The maximum Gasteiger partial charge on any atom is 0.341 e. The van der Waals surface area contributed by atoms with Gasteiger partial charge >= 0.3 is 5.97 Å². The number of thiocarbonyl (C=S) groups is 1. The minimum atomic E-state index is -0.488. The highest BCUT2D eigenvalue weighted by Gasteiger charge is 2.26. The quantitative estimate of drug-likeness (QED) is 0.394. The number of nitrogens with one attached hydrogen (secondary N) is 2. The third-order valence-electron chi connectivity index (χ3n) is 3.98. The Hall–Kier alpha value is -1.67. The van der Waals surface area contributed by atoms with Gasteiger partial charge in [0.2, 0.25) is 0 Å². The number of hydrogen-bond donors (Lipinski definition) is 2. The number of amides is 1. The van der Waals surface area contributed by atoms with Crippen LogP contribution in [0.3, 0.4) is 0 Å². The van der Waals surface area contributed by atoms with Crippen LogP contribution in [-0.2, 0) is 4.74 Å². The van der Waals surface area contributed by atoms with Crippen molar-refractivity contribution in [1.29, 1.82) is 0 Å². The minimum Gasteiger partial charge on any atom is -0.465 e. The van der Waals surface area contributed by atoms with Gasteiger partial charge in [0.15, 0.2) is 5.11 Å². The largest absolute Gasteiger partial charge is 0.465 e. The number of rotatable bonds is 8. The van der Waals surface area contributed by atoms with Gasteiger partial charge in [0.05, 0.1) is 17.6 Å². The topological polar surface area (TPSA) is 70.7 Å². The molecule has 0 fully saturated rings. The SMILES string of the molecule is CCCCCC(C)NC(=S)Nc1sc(C(=O)N(C)C)c(C)c1C(=O)OC. The summed E-state index contributed by atoms with van der Waals surface area (Å²) in [5.41, 5.74) is 0.951. The molecule has 0 aliphatic carbocycles. The molecule has 0 bridgehead atoms. The number of esters is 1. The first kappa shape index (κ1) is 22.4. The molecule has 1 amide bonds. The Kier molecular flexibility index (Phi) is 9.01. The first-order valence-electron chi connectivity index (χ1n) is 8.73. The summed E-state index contributed by atoms with van der Waals surface area (Å²) < 4.78 is 4.88. The summed E-state index contributed by atoms with van der Waals surface area (Å²) in [6.07, 6.45) is 4.53. The highest BCUT2D eigenvalue weighted by atomic mass is 32.1. The van der Waals surface area contributed by atoms with Gasteiger partial charge in [-0.1, -0.05) is 26.2 Å². The molecule has 1 heterocycles. The predicted octanol–water partition coefficient (Wildman–Crippen LogP) is 3.80. The maximum absolute atomic E-state index is 12.4. The average Bonchev–Trinajstić information content (AvgIpc) is 2.89. The third kappa shape index (κ3) is 5.95.